The lowest BCUT2D eigenvalue weighted by Gasteiger charge is -2.10. The number of rotatable bonds is 5. The zero-order valence-electron chi connectivity index (χ0n) is 15.2. The zero-order chi connectivity index (χ0) is 20.3. The molecule has 0 atom stereocenters. The van der Waals surface area contributed by atoms with E-state index in [2.05, 4.69) is 20.6 Å². The topological polar surface area (TPSA) is 66.9 Å². The lowest BCUT2D eigenvalue weighted by molar-refractivity contribution is 0.102. The molecular formula is C20H17F3N4O. The minimum Gasteiger partial charge on any atom is -0.366 e. The second-order valence-electron chi connectivity index (χ2n) is 6.21. The molecule has 144 valence electrons. The van der Waals surface area contributed by atoms with Crippen LogP contribution in [0.25, 0.3) is 0 Å². The van der Waals surface area contributed by atoms with Crippen molar-refractivity contribution in [3.63, 3.8) is 0 Å². The Labute approximate surface area is 159 Å². The largest absolute Gasteiger partial charge is 0.366 e. The number of halogens is 3. The molecule has 0 unspecified atom stereocenters. The van der Waals surface area contributed by atoms with Crippen molar-refractivity contribution in [2.24, 2.45) is 0 Å². The third-order valence-corrected chi connectivity index (χ3v) is 3.91. The zero-order valence-corrected chi connectivity index (χ0v) is 15.2. The van der Waals surface area contributed by atoms with Crippen LogP contribution >= 0.6 is 0 Å². The first-order valence-corrected chi connectivity index (χ1v) is 8.43. The number of nitrogens with zero attached hydrogens (tertiary/aromatic N) is 2. The summed E-state index contributed by atoms with van der Waals surface area (Å²) in [5.74, 6) is -4.51. The standard InChI is InChI=1S/C20H17F3N4O/c1-11-4-3-5-13(8-11)10-24-17-9-16(25-12(2)26-17)20(28)27-15-7-6-14(21)18(22)19(15)23/h3-9H,10H2,1-2H3,(H,27,28)(H,24,25,26). The molecular weight excluding hydrogens is 369 g/mol. The Morgan fingerprint density at radius 1 is 1.00 bits per heavy atom. The smallest absolute Gasteiger partial charge is 0.274 e. The first kappa shape index (κ1) is 19.3. The van der Waals surface area contributed by atoms with E-state index in [9.17, 15) is 18.0 Å². The summed E-state index contributed by atoms with van der Waals surface area (Å²) in [6.45, 7) is 4.07. The van der Waals surface area contributed by atoms with E-state index in [1.807, 2.05) is 31.2 Å². The summed E-state index contributed by atoms with van der Waals surface area (Å²) in [6, 6.07) is 11.0. The van der Waals surface area contributed by atoms with Gasteiger partial charge in [0.05, 0.1) is 5.69 Å². The highest BCUT2D eigenvalue weighted by Crippen LogP contribution is 2.20. The fraction of sp³-hybridized carbons (Fsp3) is 0.150. The van der Waals surface area contributed by atoms with Crippen molar-refractivity contribution in [3.8, 4) is 0 Å². The second-order valence-corrected chi connectivity index (χ2v) is 6.21. The molecule has 8 heteroatoms. The number of nitrogens with one attached hydrogen (secondary N) is 2. The van der Waals surface area contributed by atoms with Gasteiger partial charge in [0.1, 0.15) is 17.3 Å². The highest BCUT2D eigenvalue weighted by atomic mass is 19.2. The summed E-state index contributed by atoms with van der Waals surface area (Å²) >= 11 is 0. The number of aromatic nitrogens is 2. The van der Waals surface area contributed by atoms with Crippen molar-refractivity contribution in [2.75, 3.05) is 10.6 Å². The Kier molecular flexibility index (Phi) is 5.58. The first-order chi connectivity index (χ1) is 13.3. The van der Waals surface area contributed by atoms with Crippen molar-refractivity contribution in [3.05, 3.63) is 82.6 Å². The maximum atomic E-state index is 13.8. The summed E-state index contributed by atoms with van der Waals surface area (Å²) < 4.78 is 40.1. The second kappa shape index (κ2) is 8.08. The van der Waals surface area contributed by atoms with Crippen molar-refractivity contribution < 1.29 is 18.0 Å². The predicted octanol–water partition coefficient (Wildman–Crippen LogP) is 4.38. The van der Waals surface area contributed by atoms with Gasteiger partial charge in [-0.05, 0) is 31.5 Å². The van der Waals surface area contributed by atoms with Crippen LogP contribution in [0.1, 0.15) is 27.4 Å². The average molecular weight is 386 g/mol. The Morgan fingerprint density at radius 2 is 1.79 bits per heavy atom. The third-order valence-electron chi connectivity index (χ3n) is 3.91. The van der Waals surface area contributed by atoms with Crippen LogP contribution in [0.2, 0.25) is 0 Å². The molecule has 28 heavy (non-hydrogen) atoms. The summed E-state index contributed by atoms with van der Waals surface area (Å²) in [4.78, 5) is 20.6. The van der Waals surface area contributed by atoms with Gasteiger partial charge in [-0.2, -0.15) is 0 Å². The molecule has 0 spiro atoms. The van der Waals surface area contributed by atoms with Crippen molar-refractivity contribution in [2.45, 2.75) is 20.4 Å². The molecule has 0 aliphatic carbocycles. The molecule has 2 N–H and O–H groups in total. The van der Waals surface area contributed by atoms with Gasteiger partial charge < -0.3 is 10.6 Å². The van der Waals surface area contributed by atoms with Crippen LogP contribution in [-0.2, 0) is 6.54 Å². The maximum absolute atomic E-state index is 13.8. The first-order valence-electron chi connectivity index (χ1n) is 8.43. The van der Waals surface area contributed by atoms with Gasteiger partial charge in [-0.3, -0.25) is 4.79 Å². The molecule has 3 rings (SSSR count). The maximum Gasteiger partial charge on any atom is 0.274 e. The van der Waals surface area contributed by atoms with Gasteiger partial charge in [-0.25, -0.2) is 23.1 Å². The minimum atomic E-state index is -1.66. The number of hydrogen-bond acceptors (Lipinski definition) is 4. The van der Waals surface area contributed by atoms with Crippen LogP contribution in [0.4, 0.5) is 24.7 Å². The number of carbonyl (C=O) groups is 1. The predicted molar refractivity (Wildman–Crippen MR) is 99.5 cm³/mol. The molecule has 0 fully saturated rings. The van der Waals surface area contributed by atoms with Gasteiger partial charge in [-0.15, -0.1) is 0 Å². The van der Waals surface area contributed by atoms with E-state index in [1.54, 1.807) is 6.92 Å². The fourth-order valence-corrected chi connectivity index (χ4v) is 2.60. The van der Waals surface area contributed by atoms with E-state index in [0.29, 0.717) is 18.2 Å². The van der Waals surface area contributed by atoms with Gasteiger partial charge in [0.2, 0.25) is 0 Å². The van der Waals surface area contributed by atoms with Gasteiger partial charge in [0.25, 0.3) is 5.91 Å². The molecule has 1 amide bonds. The van der Waals surface area contributed by atoms with Crippen LogP contribution < -0.4 is 10.6 Å². The Bertz CT molecular complexity index is 1040. The monoisotopic (exact) mass is 386 g/mol. The summed E-state index contributed by atoms with van der Waals surface area (Å²) in [5, 5.41) is 5.29. The van der Waals surface area contributed by atoms with Gasteiger partial charge in [0, 0.05) is 12.6 Å². The van der Waals surface area contributed by atoms with Crippen LogP contribution in [0.5, 0.6) is 0 Å². The molecule has 5 nitrogen and oxygen atoms in total. The molecule has 0 aliphatic heterocycles. The van der Waals surface area contributed by atoms with Crippen LogP contribution in [0.3, 0.4) is 0 Å². The van der Waals surface area contributed by atoms with Crippen molar-refractivity contribution >= 4 is 17.4 Å². The SMILES string of the molecule is Cc1cccc(CNc2cc(C(=O)Nc3ccc(F)c(F)c3F)nc(C)n2)c1. The van der Waals surface area contributed by atoms with E-state index in [4.69, 9.17) is 0 Å². The third kappa shape index (κ3) is 4.46. The molecule has 0 saturated carbocycles. The number of benzene rings is 2. The fourth-order valence-electron chi connectivity index (χ4n) is 2.60. The lowest BCUT2D eigenvalue weighted by atomic mass is 10.1. The van der Waals surface area contributed by atoms with Gasteiger partial charge >= 0.3 is 0 Å². The molecule has 1 heterocycles. The minimum absolute atomic E-state index is 0.0385. The summed E-state index contributed by atoms with van der Waals surface area (Å²) in [5.41, 5.74) is 1.63. The molecule has 0 aliphatic rings. The van der Waals surface area contributed by atoms with E-state index < -0.39 is 29.0 Å². The summed E-state index contributed by atoms with van der Waals surface area (Å²) in [6.07, 6.45) is 0. The number of carbonyl (C=O) groups excluding carboxylic acids is 1. The van der Waals surface area contributed by atoms with Gasteiger partial charge in [-0.1, -0.05) is 29.8 Å². The normalized spacial score (nSPS) is 10.6. The van der Waals surface area contributed by atoms with E-state index in [0.717, 1.165) is 23.3 Å². The average Bonchev–Trinajstić information content (AvgIpc) is 2.66. The highest BCUT2D eigenvalue weighted by molar-refractivity contribution is 6.03. The van der Waals surface area contributed by atoms with Crippen LogP contribution in [0.15, 0.2) is 42.5 Å². The van der Waals surface area contributed by atoms with Crippen molar-refractivity contribution in [1.82, 2.24) is 9.97 Å². The molecule has 0 radical (unpaired) electrons. The Balaban J connectivity index is 1.77. The molecule has 0 bridgehead atoms. The molecule has 1 aromatic heterocycles. The molecule has 3 aromatic rings. The molecule has 2 aromatic carbocycles. The number of aryl methyl sites for hydroxylation is 2. The number of amides is 1. The Morgan fingerprint density at radius 3 is 2.54 bits per heavy atom. The van der Waals surface area contributed by atoms with Crippen LogP contribution in [0, 0.1) is 31.3 Å². The quantitative estimate of drug-likeness (QED) is 0.639. The van der Waals surface area contributed by atoms with Crippen molar-refractivity contribution in [1.29, 1.82) is 0 Å². The van der Waals surface area contributed by atoms with E-state index in [-0.39, 0.29) is 5.69 Å². The van der Waals surface area contributed by atoms with Crippen LogP contribution in [-0.4, -0.2) is 15.9 Å². The van der Waals surface area contributed by atoms with E-state index >= 15 is 0 Å². The number of hydrogen-bond donors (Lipinski definition) is 2. The molecule has 0 saturated heterocycles. The Hall–Kier alpha value is -3.42. The summed E-state index contributed by atoms with van der Waals surface area (Å²) in [7, 11) is 0. The van der Waals surface area contributed by atoms with Gasteiger partial charge in [0.15, 0.2) is 17.5 Å². The highest BCUT2D eigenvalue weighted by Gasteiger charge is 2.17. The van der Waals surface area contributed by atoms with E-state index in [1.165, 1.54) is 6.07 Å². The lowest BCUT2D eigenvalue weighted by Crippen LogP contribution is -2.17. The number of anilines is 2.